The number of pyridine rings is 1. The third kappa shape index (κ3) is 2.75. The van der Waals surface area contributed by atoms with E-state index in [2.05, 4.69) is 26.9 Å². The van der Waals surface area contributed by atoms with Crippen LogP contribution in [0, 0.1) is 17.2 Å². The van der Waals surface area contributed by atoms with E-state index in [0.29, 0.717) is 24.4 Å². The van der Waals surface area contributed by atoms with Gasteiger partial charge in [0, 0.05) is 13.2 Å². The number of hydrogen-bond donors (Lipinski definition) is 3. The minimum atomic E-state index is -1.02. The molecule has 0 saturated carbocycles. The number of amidine groups is 1. The van der Waals surface area contributed by atoms with E-state index < -0.39 is 5.97 Å². The van der Waals surface area contributed by atoms with Gasteiger partial charge in [-0.3, -0.25) is 9.98 Å². The van der Waals surface area contributed by atoms with E-state index in [-0.39, 0.29) is 17.5 Å². The normalized spacial score (nSPS) is 21.7. The topological polar surface area (TPSA) is 110 Å². The highest BCUT2D eigenvalue weighted by atomic mass is 16.4. The van der Waals surface area contributed by atoms with Gasteiger partial charge in [-0.2, -0.15) is 5.26 Å². The van der Waals surface area contributed by atoms with Gasteiger partial charge in [0.15, 0.2) is 0 Å². The van der Waals surface area contributed by atoms with Crippen molar-refractivity contribution >= 4 is 11.8 Å². The summed E-state index contributed by atoms with van der Waals surface area (Å²) in [5.41, 5.74) is 6.17. The number of hydrogen-bond acceptors (Lipinski definition) is 6. The molecule has 0 aromatic carbocycles. The van der Waals surface area contributed by atoms with Gasteiger partial charge in [0.05, 0.1) is 23.4 Å². The summed E-state index contributed by atoms with van der Waals surface area (Å²) in [5.74, 6) is -0.808. The van der Waals surface area contributed by atoms with E-state index in [1.54, 1.807) is 19.3 Å². The predicted octanol–water partition coefficient (Wildman–Crippen LogP) is 0.877. The minimum Gasteiger partial charge on any atom is -0.478 e. The number of nitriles is 1. The molecule has 2 unspecified atom stereocenters. The van der Waals surface area contributed by atoms with Gasteiger partial charge in [0.2, 0.25) is 0 Å². The number of nitrogens with zero attached hydrogens (tertiary/aromatic N) is 3. The average Bonchev–Trinajstić information content (AvgIpc) is 2.47. The van der Waals surface area contributed by atoms with Crippen LogP contribution in [0.4, 0.5) is 0 Å². The van der Waals surface area contributed by atoms with Crippen LogP contribution < -0.4 is 10.9 Å². The van der Waals surface area contributed by atoms with E-state index in [1.165, 1.54) is 6.07 Å². The van der Waals surface area contributed by atoms with E-state index in [9.17, 15) is 9.90 Å². The molecule has 1 aromatic rings. The fourth-order valence-electron chi connectivity index (χ4n) is 2.22. The number of carboxylic acids is 1. The molecule has 2 heterocycles. The molecule has 7 nitrogen and oxygen atoms in total. The zero-order valence-electron chi connectivity index (χ0n) is 11.0. The fraction of sp³-hybridized carbons (Fsp3) is 0.385. The van der Waals surface area contributed by atoms with Crippen molar-refractivity contribution in [3.05, 3.63) is 29.6 Å². The highest BCUT2D eigenvalue weighted by Gasteiger charge is 2.28. The summed E-state index contributed by atoms with van der Waals surface area (Å²) in [6.45, 7) is 0. The lowest BCUT2D eigenvalue weighted by Gasteiger charge is -2.24. The monoisotopic (exact) mass is 273 g/mol. The van der Waals surface area contributed by atoms with Gasteiger partial charge >= 0.3 is 5.97 Å². The van der Waals surface area contributed by atoms with Crippen LogP contribution in [0.5, 0.6) is 0 Å². The first-order valence-electron chi connectivity index (χ1n) is 6.25. The van der Waals surface area contributed by atoms with Crippen molar-refractivity contribution < 1.29 is 9.90 Å². The van der Waals surface area contributed by atoms with Crippen LogP contribution in [0.3, 0.4) is 0 Å². The summed E-state index contributed by atoms with van der Waals surface area (Å²) in [6.07, 6.45) is 2.77. The molecule has 0 fully saturated rings. The van der Waals surface area contributed by atoms with Gasteiger partial charge in [-0.05, 0) is 25.0 Å². The molecule has 0 amide bonds. The summed E-state index contributed by atoms with van der Waals surface area (Å²) >= 11 is 0. The predicted molar refractivity (Wildman–Crippen MR) is 71.9 cm³/mol. The molecule has 104 valence electrons. The molecule has 2 rings (SSSR count). The van der Waals surface area contributed by atoms with E-state index in [4.69, 9.17) is 5.26 Å². The molecule has 7 heteroatoms. The minimum absolute atomic E-state index is 0.153. The Labute approximate surface area is 116 Å². The van der Waals surface area contributed by atoms with Crippen molar-refractivity contribution in [2.75, 3.05) is 7.05 Å². The fourth-order valence-corrected chi connectivity index (χ4v) is 2.22. The quantitative estimate of drug-likeness (QED) is 0.705. The van der Waals surface area contributed by atoms with Crippen LogP contribution in [-0.2, 0) is 0 Å². The number of aromatic nitrogens is 1. The van der Waals surface area contributed by atoms with E-state index in [0.717, 1.165) is 0 Å². The molecule has 3 N–H and O–H groups in total. The number of carboxylic acid groups (broad SMARTS) is 1. The van der Waals surface area contributed by atoms with E-state index >= 15 is 0 Å². The molecule has 0 aliphatic carbocycles. The number of aromatic carboxylic acids is 1. The number of nitrogens with one attached hydrogen (secondary N) is 2. The standard InChI is InChI=1S/C13H15N5O2/c1-15-18-12-8(7-14)4-5-10(17-12)11-9(13(19)20)3-2-6-16-11/h2-3,6,8,10,15H,4-5H2,1H3,(H,17,18)(H,19,20). The van der Waals surface area contributed by atoms with Gasteiger partial charge in [-0.15, -0.1) is 0 Å². The highest BCUT2D eigenvalue weighted by Crippen LogP contribution is 2.30. The van der Waals surface area contributed by atoms with Crippen molar-refractivity contribution in [3.63, 3.8) is 0 Å². The van der Waals surface area contributed by atoms with Crippen molar-refractivity contribution in [1.29, 1.82) is 5.26 Å². The molecule has 1 aliphatic heterocycles. The first-order valence-corrected chi connectivity index (χ1v) is 6.25. The Morgan fingerprint density at radius 1 is 1.55 bits per heavy atom. The number of carbonyl (C=O) groups is 1. The number of hydrazine groups is 1. The summed E-state index contributed by atoms with van der Waals surface area (Å²) in [4.78, 5) is 19.8. The highest BCUT2D eigenvalue weighted by molar-refractivity contribution is 5.90. The number of rotatable bonds is 3. The first kappa shape index (κ1) is 14.0. The van der Waals surface area contributed by atoms with Crippen molar-refractivity contribution in [1.82, 2.24) is 15.8 Å². The molecular weight excluding hydrogens is 258 g/mol. The molecule has 0 saturated heterocycles. The lowest BCUT2D eigenvalue weighted by atomic mass is 9.93. The third-order valence-corrected chi connectivity index (χ3v) is 3.15. The third-order valence-electron chi connectivity index (χ3n) is 3.15. The second kappa shape index (κ2) is 6.12. The van der Waals surface area contributed by atoms with Crippen LogP contribution in [0.25, 0.3) is 0 Å². The average molecular weight is 273 g/mol. The summed E-state index contributed by atoms with van der Waals surface area (Å²) < 4.78 is 0. The Bertz CT molecular complexity index is 578. The van der Waals surface area contributed by atoms with Crippen LogP contribution >= 0.6 is 0 Å². The Hall–Kier alpha value is -2.46. The molecule has 2 atom stereocenters. The van der Waals surface area contributed by atoms with Gasteiger partial charge in [0.25, 0.3) is 0 Å². The van der Waals surface area contributed by atoms with Gasteiger partial charge in [0.1, 0.15) is 11.8 Å². The molecule has 20 heavy (non-hydrogen) atoms. The van der Waals surface area contributed by atoms with Crippen LogP contribution in [-0.4, -0.2) is 28.9 Å². The molecular formula is C13H15N5O2. The maximum atomic E-state index is 11.2. The zero-order chi connectivity index (χ0) is 14.5. The smallest absolute Gasteiger partial charge is 0.337 e. The lowest BCUT2D eigenvalue weighted by molar-refractivity contribution is 0.0694. The van der Waals surface area contributed by atoms with Gasteiger partial charge in [-0.1, -0.05) is 0 Å². The summed E-state index contributed by atoms with van der Waals surface area (Å²) in [6, 6.07) is 4.94. The SMILES string of the molecule is CNNC1=NC(c2ncccc2C(=O)O)CCC1C#N. The Kier molecular flexibility index (Phi) is 4.27. The van der Waals surface area contributed by atoms with Gasteiger partial charge in [-0.25, -0.2) is 10.2 Å². The van der Waals surface area contributed by atoms with Crippen LogP contribution in [0.2, 0.25) is 0 Å². The largest absolute Gasteiger partial charge is 0.478 e. The Morgan fingerprint density at radius 3 is 3.00 bits per heavy atom. The van der Waals surface area contributed by atoms with Crippen LogP contribution in [0.1, 0.15) is 34.9 Å². The van der Waals surface area contributed by atoms with Gasteiger partial charge < -0.3 is 10.5 Å². The Morgan fingerprint density at radius 2 is 2.35 bits per heavy atom. The maximum absolute atomic E-state index is 11.2. The molecule has 0 bridgehead atoms. The lowest BCUT2D eigenvalue weighted by Crippen LogP contribution is -2.40. The van der Waals surface area contributed by atoms with Crippen molar-refractivity contribution in [3.8, 4) is 6.07 Å². The van der Waals surface area contributed by atoms with E-state index in [1.807, 2.05) is 0 Å². The summed E-state index contributed by atoms with van der Waals surface area (Å²) in [7, 11) is 1.68. The molecule has 1 aliphatic rings. The first-order chi connectivity index (χ1) is 9.67. The maximum Gasteiger partial charge on any atom is 0.337 e. The molecule has 0 radical (unpaired) electrons. The number of aliphatic imine (C=N–C) groups is 1. The second-order valence-corrected chi connectivity index (χ2v) is 4.41. The molecule has 1 aromatic heterocycles. The second-order valence-electron chi connectivity index (χ2n) is 4.41. The van der Waals surface area contributed by atoms with Crippen molar-refractivity contribution in [2.45, 2.75) is 18.9 Å². The van der Waals surface area contributed by atoms with Crippen LogP contribution in [0.15, 0.2) is 23.3 Å². The molecule has 0 spiro atoms. The summed E-state index contributed by atoms with van der Waals surface area (Å²) in [5, 5.41) is 18.3. The Balaban J connectivity index is 2.37. The van der Waals surface area contributed by atoms with Crippen molar-refractivity contribution in [2.24, 2.45) is 10.9 Å². The zero-order valence-corrected chi connectivity index (χ0v) is 11.0.